The maximum absolute atomic E-state index is 12.5. The van der Waals surface area contributed by atoms with Gasteiger partial charge in [0.25, 0.3) is 0 Å². The molecule has 0 aliphatic heterocycles. The summed E-state index contributed by atoms with van der Waals surface area (Å²) < 4.78 is 4.54. The van der Waals surface area contributed by atoms with Crippen molar-refractivity contribution in [3.8, 4) is 0 Å². The van der Waals surface area contributed by atoms with Gasteiger partial charge in [0.05, 0.1) is 7.11 Å². The number of anilines is 1. The number of alkyl halides is 1. The van der Waals surface area contributed by atoms with Crippen molar-refractivity contribution in [3.05, 3.63) is 29.3 Å². The first-order valence-corrected chi connectivity index (χ1v) is 10.9. The largest absolute Gasteiger partial charge is 0.469 e. The summed E-state index contributed by atoms with van der Waals surface area (Å²) in [5, 5.41) is 7.98. The van der Waals surface area contributed by atoms with Crippen molar-refractivity contribution in [2.24, 2.45) is 0 Å². The van der Waals surface area contributed by atoms with Gasteiger partial charge < -0.3 is 20.7 Å². The van der Waals surface area contributed by atoms with Crippen LogP contribution in [-0.2, 0) is 36.2 Å². The summed E-state index contributed by atoms with van der Waals surface area (Å²) in [4.78, 5) is 47.8. The zero-order chi connectivity index (χ0) is 23.4. The third-order valence-electron chi connectivity index (χ3n) is 4.67. The predicted octanol–water partition coefficient (Wildman–Crippen LogP) is 2.67. The summed E-state index contributed by atoms with van der Waals surface area (Å²) in [6.45, 7) is 5.13. The second-order valence-electron chi connectivity index (χ2n) is 7.32. The summed E-state index contributed by atoms with van der Waals surface area (Å²) in [7, 11) is 1.32. The highest BCUT2D eigenvalue weighted by Crippen LogP contribution is 2.17. The van der Waals surface area contributed by atoms with Gasteiger partial charge in [-0.25, -0.2) is 0 Å². The molecule has 172 valence electrons. The quantitative estimate of drug-likeness (QED) is 0.256. The van der Waals surface area contributed by atoms with Gasteiger partial charge in [0, 0.05) is 24.4 Å². The first kappa shape index (κ1) is 26.4. The maximum Gasteiger partial charge on any atom is 0.305 e. The van der Waals surface area contributed by atoms with E-state index >= 15 is 0 Å². The zero-order valence-electron chi connectivity index (χ0n) is 18.5. The fourth-order valence-corrected chi connectivity index (χ4v) is 2.96. The van der Waals surface area contributed by atoms with E-state index in [2.05, 4.69) is 20.7 Å². The maximum atomic E-state index is 12.5. The molecule has 0 aliphatic carbocycles. The molecule has 0 heterocycles. The average Bonchev–Trinajstić information content (AvgIpc) is 2.75. The van der Waals surface area contributed by atoms with Crippen molar-refractivity contribution in [2.75, 3.05) is 12.4 Å². The highest BCUT2D eigenvalue weighted by molar-refractivity contribution is 6.17. The minimum atomic E-state index is -0.797. The number of unbranched alkanes of at least 4 members (excludes halogenated alkanes) is 1. The highest BCUT2D eigenvalue weighted by atomic mass is 35.5. The number of amides is 3. The minimum Gasteiger partial charge on any atom is -0.469 e. The monoisotopic (exact) mass is 453 g/mol. The number of ether oxygens (including phenoxy) is 1. The Balaban J connectivity index is 2.48. The number of halogens is 1. The first-order chi connectivity index (χ1) is 14.7. The minimum absolute atomic E-state index is 0.196. The lowest BCUT2D eigenvalue weighted by Crippen LogP contribution is -2.50. The van der Waals surface area contributed by atoms with Crippen molar-refractivity contribution in [1.29, 1.82) is 0 Å². The molecule has 0 aliphatic rings. The van der Waals surface area contributed by atoms with Gasteiger partial charge in [-0.15, -0.1) is 11.6 Å². The van der Waals surface area contributed by atoms with Gasteiger partial charge in [0.1, 0.15) is 12.1 Å². The van der Waals surface area contributed by atoms with Gasteiger partial charge >= 0.3 is 5.97 Å². The van der Waals surface area contributed by atoms with E-state index in [0.717, 1.165) is 17.5 Å². The molecule has 0 saturated heterocycles. The van der Waals surface area contributed by atoms with Crippen molar-refractivity contribution >= 4 is 41.0 Å². The van der Waals surface area contributed by atoms with E-state index in [1.54, 1.807) is 19.9 Å². The smallest absolute Gasteiger partial charge is 0.305 e. The lowest BCUT2D eigenvalue weighted by Gasteiger charge is -2.19. The number of benzene rings is 1. The van der Waals surface area contributed by atoms with E-state index in [0.29, 0.717) is 24.4 Å². The summed E-state index contributed by atoms with van der Waals surface area (Å²) in [5.41, 5.74) is 2.57. The van der Waals surface area contributed by atoms with Crippen LogP contribution in [0.5, 0.6) is 0 Å². The molecule has 9 heteroatoms. The molecule has 1 aromatic rings. The average molecular weight is 454 g/mol. The Morgan fingerprint density at radius 2 is 1.55 bits per heavy atom. The topological polar surface area (TPSA) is 114 Å². The Morgan fingerprint density at radius 1 is 0.935 bits per heavy atom. The molecule has 0 radical (unpaired) electrons. The third-order valence-corrected chi connectivity index (χ3v) is 4.98. The van der Waals surface area contributed by atoms with Crippen LogP contribution in [0.15, 0.2) is 18.2 Å². The number of hydrogen-bond acceptors (Lipinski definition) is 5. The van der Waals surface area contributed by atoms with Gasteiger partial charge in [-0.05, 0) is 56.4 Å². The molecular weight excluding hydrogens is 422 g/mol. The van der Waals surface area contributed by atoms with Crippen LogP contribution < -0.4 is 16.0 Å². The van der Waals surface area contributed by atoms with Crippen LogP contribution in [0.2, 0.25) is 0 Å². The number of carbonyl (C=O) groups is 4. The molecule has 8 nitrogen and oxygen atoms in total. The molecule has 0 unspecified atom stereocenters. The number of carbonyl (C=O) groups excluding carboxylic acids is 4. The van der Waals surface area contributed by atoms with Crippen molar-refractivity contribution in [1.82, 2.24) is 10.6 Å². The van der Waals surface area contributed by atoms with Gasteiger partial charge in [0.2, 0.25) is 17.7 Å². The molecule has 1 rings (SSSR count). The molecule has 2 atom stereocenters. The fourth-order valence-electron chi connectivity index (χ4n) is 2.81. The Bertz CT molecular complexity index is 762. The molecular formula is C22H32ClN3O5. The fraction of sp³-hybridized carbons (Fsp3) is 0.545. The molecule has 0 saturated carbocycles. The van der Waals surface area contributed by atoms with Crippen LogP contribution in [-0.4, -0.2) is 42.9 Å². The van der Waals surface area contributed by atoms with Gasteiger partial charge in [-0.3, -0.25) is 19.2 Å². The van der Waals surface area contributed by atoms with Crippen LogP contribution >= 0.6 is 11.6 Å². The standard InChI is InChI=1S/C22H32ClN3O5/c1-5-16-10-17(13-23)12-18(11-16)26-22(30)15(3)25-21(29)14(2)24-19(27)8-6-7-9-20(28)31-4/h10-12,14-15H,5-9,13H2,1-4H3,(H,24,27)(H,25,29)(H,26,30)/t14-,15-/m0/s1. The van der Waals surface area contributed by atoms with Crippen LogP contribution in [0, 0.1) is 0 Å². The van der Waals surface area contributed by atoms with Crippen LogP contribution in [0.25, 0.3) is 0 Å². The number of esters is 1. The lowest BCUT2D eigenvalue weighted by molar-refractivity contribution is -0.140. The van der Waals surface area contributed by atoms with Crippen LogP contribution in [0.4, 0.5) is 5.69 Å². The summed E-state index contributed by atoms with van der Waals surface area (Å²) in [5.74, 6) is -1.11. The Kier molecular flexibility index (Phi) is 11.6. The van der Waals surface area contributed by atoms with Gasteiger partial charge in [0.15, 0.2) is 0 Å². The van der Waals surface area contributed by atoms with Gasteiger partial charge in [-0.1, -0.05) is 13.0 Å². The van der Waals surface area contributed by atoms with Crippen LogP contribution in [0.3, 0.4) is 0 Å². The van der Waals surface area contributed by atoms with E-state index in [9.17, 15) is 19.2 Å². The molecule has 0 bridgehead atoms. The molecule has 0 spiro atoms. The second-order valence-corrected chi connectivity index (χ2v) is 7.58. The second kappa shape index (κ2) is 13.6. The van der Waals surface area contributed by atoms with E-state index in [1.165, 1.54) is 7.11 Å². The third kappa shape index (κ3) is 9.83. The Hall–Kier alpha value is -2.61. The first-order valence-electron chi connectivity index (χ1n) is 10.4. The molecule has 3 N–H and O–H groups in total. The lowest BCUT2D eigenvalue weighted by atomic mass is 10.1. The van der Waals surface area contributed by atoms with Crippen molar-refractivity contribution in [3.63, 3.8) is 0 Å². The van der Waals surface area contributed by atoms with Gasteiger partial charge in [-0.2, -0.15) is 0 Å². The summed E-state index contributed by atoms with van der Waals surface area (Å²) in [6, 6.07) is 4.05. The zero-order valence-corrected chi connectivity index (χ0v) is 19.3. The van der Waals surface area contributed by atoms with Crippen molar-refractivity contribution < 1.29 is 23.9 Å². The van der Waals surface area contributed by atoms with E-state index < -0.39 is 18.0 Å². The van der Waals surface area contributed by atoms with E-state index in [1.807, 2.05) is 19.1 Å². The summed E-state index contributed by atoms with van der Waals surface area (Å²) >= 11 is 5.91. The highest BCUT2D eigenvalue weighted by Gasteiger charge is 2.21. The molecule has 0 fully saturated rings. The number of hydrogen-bond donors (Lipinski definition) is 3. The molecule has 31 heavy (non-hydrogen) atoms. The van der Waals surface area contributed by atoms with E-state index in [4.69, 9.17) is 11.6 Å². The van der Waals surface area contributed by atoms with Crippen molar-refractivity contribution in [2.45, 2.75) is 70.8 Å². The number of aryl methyl sites for hydroxylation is 1. The Morgan fingerprint density at radius 3 is 2.16 bits per heavy atom. The number of methoxy groups -OCH3 is 1. The number of rotatable bonds is 12. The molecule has 0 aromatic heterocycles. The van der Waals surface area contributed by atoms with Crippen LogP contribution in [0.1, 0.15) is 57.6 Å². The predicted molar refractivity (Wildman–Crippen MR) is 120 cm³/mol. The molecule has 3 amide bonds. The Labute approximate surface area is 188 Å². The normalized spacial score (nSPS) is 12.4. The van der Waals surface area contributed by atoms with E-state index in [-0.39, 0.29) is 30.6 Å². The SMILES string of the molecule is CCc1cc(CCl)cc(NC(=O)[C@H](C)NC(=O)[C@H](C)NC(=O)CCCCC(=O)OC)c1. The number of nitrogens with one attached hydrogen (secondary N) is 3. The summed E-state index contributed by atoms with van der Waals surface area (Å²) in [6.07, 6.45) is 2.29. The molecule has 1 aromatic carbocycles.